The van der Waals surface area contributed by atoms with Crippen molar-refractivity contribution >= 4 is 40.6 Å². The van der Waals surface area contributed by atoms with Gasteiger partial charge in [-0.05, 0) is 48.3 Å². The van der Waals surface area contributed by atoms with Crippen molar-refractivity contribution < 1.29 is 0 Å². The van der Waals surface area contributed by atoms with E-state index in [4.69, 9.17) is 12.2 Å². The Morgan fingerprint density at radius 3 is 2.72 bits per heavy atom. The third-order valence-electron chi connectivity index (χ3n) is 2.28. The Kier molecular flexibility index (Phi) is 4.44. The first kappa shape index (κ1) is 12.7. The van der Waals surface area contributed by atoms with Crippen LogP contribution in [0.3, 0.4) is 0 Å². The minimum Gasteiger partial charge on any atom is -0.331 e. The lowest BCUT2D eigenvalue weighted by molar-refractivity contribution is 1.05. The van der Waals surface area contributed by atoms with Crippen LogP contribution in [-0.2, 0) is 0 Å². The Bertz CT molecular complexity index is 546. The van der Waals surface area contributed by atoms with Crippen molar-refractivity contribution in [3.8, 4) is 0 Å². The molecule has 0 aliphatic rings. The van der Waals surface area contributed by atoms with E-state index in [0.29, 0.717) is 5.11 Å². The van der Waals surface area contributed by atoms with Crippen LogP contribution in [-0.4, -0.2) is 11.3 Å². The van der Waals surface area contributed by atoms with Crippen LogP contribution in [0.1, 0.15) is 10.4 Å². The van der Waals surface area contributed by atoms with Gasteiger partial charge in [0.05, 0.1) is 6.21 Å². The molecule has 2 rings (SSSR count). The molecule has 0 aliphatic heterocycles. The highest BCUT2D eigenvalue weighted by Gasteiger charge is 1.96. The lowest BCUT2D eigenvalue weighted by Gasteiger charge is -2.05. The smallest absolute Gasteiger partial charge is 0.191 e. The van der Waals surface area contributed by atoms with Crippen molar-refractivity contribution in [3.63, 3.8) is 0 Å². The van der Waals surface area contributed by atoms with Crippen LogP contribution in [0, 0.1) is 6.92 Å². The summed E-state index contributed by atoms with van der Waals surface area (Å²) in [4.78, 5) is 1.13. The summed E-state index contributed by atoms with van der Waals surface area (Å²) in [7, 11) is 0. The molecule has 0 atom stereocenters. The Labute approximate surface area is 116 Å². The summed E-state index contributed by atoms with van der Waals surface area (Å²) in [5.41, 5.74) is 4.95. The standard InChI is InChI=1S/C13H13N3S2/c1-10-7-8-18-12(10)9-14-16-13(17)15-11-5-3-2-4-6-11/h2-9H,1H3,(H2,15,16,17)/b14-9+. The zero-order chi connectivity index (χ0) is 12.8. The van der Waals surface area contributed by atoms with Gasteiger partial charge in [0.1, 0.15) is 0 Å². The number of rotatable bonds is 3. The van der Waals surface area contributed by atoms with E-state index in [9.17, 15) is 0 Å². The summed E-state index contributed by atoms with van der Waals surface area (Å²) in [6.45, 7) is 2.05. The predicted octanol–water partition coefficient (Wildman–Crippen LogP) is 3.38. The van der Waals surface area contributed by atoms with Crippen LogP contribution in [0.2, 0.25) is 0 Å². The van der Waals surface area contributed by atoms with Crippen LogP contribution in [0.15, 0.2) is 46.9 Å². The summed E-state index contributed by atoms with van der Waals surface area (Å²) >= 11 is 6.78. The van der Waals surface area contributed by atoms with Crippen molar-refractivity contribution in [3.05, 3.63) is 52.2 Å². The van der Waals surface area contributed by atoms with Crippen molar-refractivity contribution in [1.82, 2.24) is 5.43 Å². The Hall–Kier alpha value is -1.72. The maximum Gasteiger partial charge on any atom is 0.191 e. The molecule has 0 fully saturated rings. The van der Waals surface area contributed by atoms with Gasteiger partial charge in [-0.1, -0.05) is 18.2 Å². The van der Waals surface area contributed by atoms with Crippen LogP contribution < -0.4 is 10.7 Å². The lowest BCUT2D eigenvalue weighted by atomic mass is 10.3. The van der Waals surface area contributed by atoms with E-state index in [0.717, 1.165) is 10.6 Å². The maximum absolute atomic E-state index is 5.13. The number of nitrogens with one attached hydrogen (secondary N) is 2. The summed E-state index contributed by atoms with van der Waals surface area (Å²) in [6, 6.07) is 11.8. The molecule has 0 saturated heterocycles. The van der Waals surface area contributed by atoms with E-state index in [-0.39, 0.29) is 0 Å². The van der Waals surface area contributed by atoms with Crippen LogP contribution in [0.5, 0.6) is 0 Å². The molecule has 18 heavy (non-hydrogen) atoms. The van der Waals surface area contributed by atoms with Crippen molar-refractivity contribution in [1.29, 1.82) is 0 Å². The molecule has 1 heterocycles. The molecule has 2 N–H and O–H groups in total. The van der Waals surface area contributed by atoms with Gasteiger partial charge in [0.2, 0.25) is 0 Å². The van der Waals surface area contributed by atoms with E-state index in [2.05, 4.69) is 28.8 Å². The number of anilines is 1. The average molecular weight is 275 g/mol. The number of para-hydroxylation sites is 1. The Morgan fingerprint density at radius 2 is 2.06 bits per heavy atom. The van der Waals surface area contributed by atoms with Crippen LogP contribution >= 0.6 is 23.6 Å². The summed E-state index contributed by atoms with van der Waals surface area (Å²) < 4.78 is 0. The number of benzene rings is 1. The van der Waals surface area contributed by atoms with Gasteiger partial charge in [0.15, 0.2) is 5.11 Å². The third-order valence-corrected chi connectivity index (χ3v) is 3.43. The quantitative estimate of drug-likeness (QED) is 0.512. The number of hydrogen-bond acceptors (Lipinski definition) is 3. The van der Waals surface area contributed by atoms with E-state index in [1.165, 1.54) is 5.56 Å². The SMILES string of the molecule is Cc1ccsc1/C=N/NC(=S)Nc1ccccc1. The second kappa shape index (κ2) is 6.28. The zero-order valence-corrected chi connectivity index (χ0v) is 11.5. The number of thiophene rings is 1. The molecule has 2 aromatic rings. The van der Waals surface area contributed by atoms with Gasteiger partial charge in [-0.2, -0.15) is 5.10 Å². The summed E-state index contributed by atoms with van der Waals surface area (Å²) in [6.07, 6.45) is 1.78. The molecule has 0 radical (unpaired) electrons. The van der Waals surface area contributed by atoms with E-state index in [1.54, 1.807) is 17.6 Å². The molecule has 0 spiro atoms. The lowest BCUT2D eigenvalue weighted by Crippen LogP contribution is -2.23. The monoisotopic (exact) mass is 275 g/mol. The highest BCUT2D eigenvalue weighted by molar-refractivity contribution is 7.80. The molecule has 0 unspecified atom stereocenters. The molecule has 5 heteroatoms. The maximum atomic E-state index is 5.13. The third kappa shape index (κ3) is 3.65. The van der Waals surface area contributed by atoms with Crippen molar-refractivity contribution in [2.24, 2.45) is 5.10 Å². The van der Waals surface area contributed by atoms with Gasteiger partial charge < -0.3 is 5.32 Å². The van der Waals surface area contributed by atoms with Crippen molar-refractivity contribution in [2.45, 2.75) is 6.92 Å². The second-order valence-corrected chi connectivity index (χ2v) is 5.01. The highest BCUT2D eigenvalue weighted by atomic mass is 32.1. The minimum absolute atomic E-state index is 0.478. The number of nitrogens with zero attached hydrogens (tertiary/aromatic N) is 1. The Balaban J connectivity index is 1.86. The largest absolute Gasteiger partial charge is 0.331 e. The van der Waals surface area contributed by atoms with Gasteiger partial charge in [-0.25, -0.2) is 0 Å². The van der Waals surface area contributed by atoms with Gasteiger partial charge in [-0.15, -0.1) is 11.3 Å². The molecule has 1 aromatic carbocycles. The number of aryl methyl sites for hydroxylation is 1. The fraction of sp³-hybridized carbons (Fsp3) is 0.0769. The molecule has 3 nitrogen and oxygen atoms in total. The number of hydrogen-bond donors (Lipinski definition) is 2. The fourth-order valence-corrected chi connectivity index (χ4v) is 2.30. The zero-order valence-electron chi connectivity index (χ0n) is 9.88. The first-order chi connectivity index (χ1) is 8.75. The molecular formula is C13H13N3S2. The molecule has 1 aromatic heterocycles. The van der Waals surface area contributed by atoms with Gasteiger partial charge in [-0.3, -0.25) is 5.43 Å². The number of hydrazone groups is 1. The number of thiocarbonyl (C=S) groups is 1. The molecule has 0 saturated carbocycles. The molecule has 0 aliphatic carbocycles. The van der Waals surface area contributed by atoms with Crippen molar-refractivity contribution in [2.75, 3.05) is 5.32 Å². The highest BCUT2D eigenvalue weighted by Crippen LogP contribution is 2.12. The van der Waals surface area contributed by atoms with Crippen LogP contribution in [0.4, 0.5) is 5.69 Å². The topological polar surface area (TPSA) is 36.4 Å². The van der Waals surface area contributed by atoms with Gasteiger partial charge in [0, 0.05) is 10.6 Å². The minimum atomic E-state index is 0.478. The predicted molar refractivity (Wildman–Crippen MR) is 82.4 cm³/mol. The summed E-state index contributed by atoms with van der Waals surface area (Å²) in [5.74, 6) is 0. The molecule has 92 valence electrons. The first-order valence-electron chi connectivity index (χ1n) is 5.45. The normalized spacial score (nSPS) is 10.5. The fourth-order valence-electron chi connectivity index (χ4n) is 1.35. The van der Waals surface area contributed by atoms with Gasteiger partial charge >= 0.3 is 0 Å². The molecular weight excluding hydrogens is 262 g/mol. The Morgan fingerprint density at radius 1 is 1.28 bits per heavy atom. The molecule has 0 bridgehead atoms. The van der Waals surface area contributed by atoms with E-state index in [1.807, 2.05) is 35.7 Å². The van der Waals surface area contributed by atoms with Gasteiger partial charge in [0.25, 0.3) is 0 Å². The first-order valence-corrected chi connectivity index (χ1v) is 6.74. The summed E-state index contributed by atoms with van der Waals surface area (Å²) in [5, 5.41) is 9.67. The molecule has 0 amide bonds. The second-order valence-electron chi connectivity index (χ2n) is 3.66. The van der Waals surface area contributed by atoms with E-state index < -0.39 is 0 Å². The average Bonchev–Trinajstić information content (AvgIpc) is 2.76. The van der Waals surface area contributed by atoms with E-state index >= 15 is 0 Å². The van der Waals surface area contributed by atoms with Crippen LogP contribution in [0.25, 0.3) is 0 Å².